The minimum absolute atomic E-state index is 0. The number of aryl methyl sites for hydroxylation is 1. The molecule has 0 bridgehead atoms. The van der Waals surface area contributed by atoms with E-state index in [-0.39, 0.29) is 24.0 Å². The summed E-state index contributed by atoms with van der Waals surface area (Å²) in [5.74, 6) is 0.900. The Kier molecular flexibility index (Phi) is 10.4. The van der Waals surface area contributed by atoms with Gasteiger partial charge in [-0.05, 0) is 39.4 Å². The van der Waals surface area contributed by atoms with Crippen molar-refractivity contribution in [1.82, 2.24) is 20.4 Å². The minimum atomic E-state index is 0. The maximum absolute atomic E-state index is 4.37. The fourth-order valence-electron chi connectivity index (χ4n) is 3.06. The van der Waals surface area contributed by atoms with Gasteiger partial charge in [-0.1, -0.05) is 30.3 Å². The molecule has 1 saturated heterocycles. The molecular weight excluding hydrogens is 425 g/mol. The van der Waals surface area contributed by atoms with Crippen LogP contribution in [-0.4, -0.2) is 75.2 Å². The van der Waals surface area contributed by atoms with Crippen LogP contribution in [0.3, 0.4) is 0 Å². The van der Waals surface area contributed by atoms with Gasteiger partial charge < -0.3 is 15.5 Å². The quantitative estimate of drug-likeness (QED) is 0.388. The SMILES string of the molecule is CN=C(NCC1CN(C)CCN1C)NC(C)CCc1ccccc1.I. The first-order valence-corrected chi connectivity index (χ1v) is 8.98. The van der Waals surface area contributed by atoms with Gasteiger partial charge in [0.1, 0.15) is 0 Å². The molecule has 0 saturated carbocycles. The van der Waals surface area contributed by atoms with Gasteiger partial charge in [0.2, 0.25) is 0 Å². The van der Waals surface area contributed by atoms with Crippen molar-refractivity contribution in [2.24, 2.45) is 4.99 Å². The zero-order valence-corrected chi connectivity index (χ0v) is 18.4. The third-order valence-electron chi connectivity index (χ3n) is 4.80. The molecule has 0 amide bonds. The minimum Gasteiger partial charge on any atom is -0.355 e. The van der Waals surface area contributed by atoms with Gasteiger partial charge >= 0.3 is 0 Å². The number of aliphatic imine (C=N–C) groups is 1. The molecule has 1 aromatic rings. The summed E-state index contributed by atoms with van der Waals surface area (Å²) >= 11 is 0. The number of nitrogens with zero attached hydrogens (tertiary/aromatic N) is 3. The molecule has 1 aliphatic heterocycles. The van der Waals surface area contributed by atoms with Gasteiger partial charge in [0, 0.05) is 45.3 Å². The number of rotatable bonds is 6. The second kappa shape index (κ2) is 11.7. The molecule has 0 aromatic heterocycles. The molecule has 2 unspecified atom stereocenters. The number of hydrogen-bond acceptors (Lipinski definition) is 3. The van der Waals surface area contributed by atoms with Gasteiger partial charge in [-0.25, -0.2) is 0 Å². The van der Waals surface area contributed by atoms with Crippen LogP contribution in [0.4, 0.5) is 0 Å². The number of likely N-dealkylation sites (N-methyl/N-ethyl adjacent to an activating group) is 2. The van der Waals surface area contributed by atoms with E-state index in [2.05, 4.69) is 76.8 Å². The van der Waals surface area contributed by atoms with Crippen LogP contribution < -0.4 is 10.6 Å². The summed E-state index contributed by atoms with van der Waals surface area (Å²) in [6.07, 6.45) is 2.18. The van der Waals surface area contributed by atoms with Crippen molar-refractivity contribution in [3.8, 4) is 0 Å². The standard InChI is InChI=1S/C19H33N5.HI/c1-16(10-11-17-8-6-5-7-9-17)22-19(20-2)21-14-18-15-23(3)12-13-24(18)4;/h5-9,16,18H,10-15H2,1-4H3,(H2,20,21,22);1H. The predicted octanol–water partition coefficient (Wildman–Crippen LogP) is 2.04. The smallest absolute Gasteiger partial charge is 0.191 e. The largest absolute Gasteiger partial charge is 0.355 e. The maximum atomic E-state index is 4.37. The Balaban J connectivity index is 0.00000312. The Hall–Kier alpha value is -0.860. The third-order valence-corrected chi connectivity index (χ3v) is 4.80. The van der Waals surface area contributed by atoms with Crippen LogP contribution in [0.15, 0.2) is 35.3 Å². The average molecular weight is 459 g/mol. The fraction of sp³-hybridized carbons (Fsp3) is 0.632. The zero-order chi connectivity index (χ0) is 17.4. The fourth-order valence-corrected chi connectivity index (χ4v) is 3.06. The van der Waals surface area contributed by atoms with Crippen molar-refractivity contribution >= 4 is 29.9 Å². The van der Waals surface area contributed by atoms with Crippen molar-refractivity contribution in [3.63, 3.8) is 0 Å². The summed E-state index contributed by atoms with van der Waals surface area (Å²) in [5, 5.41) is 7.00. The highest BCUT2D eigenvalue weighted by Gasteiger charge is 2.22. The summed E-state index contributed by atoms with van der Waals surface area (Å²) in [4.78, 5) is 9.20. The van der Waals surface area contributed by atoms with E-state index in [0.717, 1.165) is 45.0 Å². The topological polar surface area (TPSA) is 42.9 Å². The van der Waals surface area contributed by atoms with Crippen LogP contribution in [0.5, 0.6) is 0 Å². The van der Waals surface area contributed by atoms with E-state index in [0.29, 0.717) is 12.1 Å². The Bertz CT molecular complexity index is 508. The number of hydrogen-bond donors (Lipinski definition) is 2. The van der Waals surface area contributed by atoms with E-state index in [1.54, 1.807) is 0 Å². The van der Waals surface area contributed by atoms with E-state index < -0.39 is 0 Å². The summed E-state index contributed by atoms with van der Waals surface area (Å²) in [7, 11) is 6.24. The lowest BCUT2D eigenvalue weighted by atomic mass is 10.1. The average Bonchev–Trinajstić information content (AvgIpc) is 2.60. The number of nitrogens with one attached hydrogen (secondary N) is 2. The first-order valence-electron chi connectivity index (χ1n) is 8.98. The molecule has 142 valence electrons. The molecule has 6 heteroatoms. The number of halogens is 1. The van der Waals surface area contributed by atoms with E-state index in [1.165, 1.54) is 5.56 Å². The van der Waals surface area contributed by atoms with Crippen molar-refractivity contribution in [2.45, 2.75) is 31.8 Å². The molecule has 1 aromatic carbocycles. The van der Waals surface area contributed by atoms with Crippen LogP contribution >= 0.6 is 24.0 Å². The van der Waals surface area contributed by atoms with Gasteiger partial charge in [0.05, 0.1) is 0 Å². The third kappa shape index (κ3) is 7.92. The number of guanidine groups is 1. The second-order valence-corrected chi connectivity index (χ2v) is 6.92. The highest BCUT2D eigenvalue weighted by atomic mass is 127. The van der Waals surface area contributed by atoms with Crippen molar-refractivity contribution < 1.29 is 0 Å². The lowest BCUT2D eigenvalue weighted by Crippen LogP contribution is -2.55. The lowest BCUT2D eigenvalue weighted by molar-refractivity contribution is 0.116. The van der Waals surface area contributed by atoms with Crippen molar-refractivity contribution in [2.75, 3.05) is 47.3 Å². The highest BCUT2D eigenvalue weighted by Crippen LogP contribution is 2.06. The predicted molar refractivity (Wildman–Crippen MR) is 118 cm³/mol. The van der Waals surface area contributed by atoms with Crippen LogP contribution in [0.1, 0.15) is 18.9 Å². The summed E-state index contributed by atoms with van der Waals surface area (Å²) < 4.78 is 0. The molecule has 1 heterocycles. The molecule has 0 radical (unpaired) electrons. The second-order valence-electron chi connectivity index (χ2n) is 6.92. The number of piperazine rings is 1. The number of benzene rings is 1. The normalized spacial score (nSPS) is 20.6. The maximum Gasteiger partial charge on any atom is 0.191 e. The molecule has 25 heavy (non-hydrogen) atoms. The highest BCUT2D eigenvalue weighted by molar-refractivity contribution is 14.0. The summed E-state index contributed by atoms with van der Waals surface area (Å²) in [6.45, 7) is 6.52. The van der Waals surface area contributed by atoms with E-state index in [4.69, 9.17) is 0 Å². The molecule has 2 N–H and O–H groups in total. The molecule has 2 rings (SSSR count). The van der Waals surface area contributed by atoms with Crippen LogP contribution in [0.25, 0.3) is 0 Å². The first-order chi connectivity index (χ1) is 11.6. The Labute approximate surface area is 170 Å². The molecule has 1 fully saturated rings. The molecule has 2 atom stereocenters. The van der Waals surface area contributed by atoms with Crippen molar-refractivity contribution in [3.05, 3.63) is 35.9 Å². The molecule has 1 aliphatic rings. The Morgan fingerprint density at radius 3 is 2.64 bits per heavy atom. The zero-order valence-electron chi connectivity index (χ0n) is 16.0. The Morgan fingerprint density at radius 1 is 1.24 bits per heavy atom. The molecule has 5 nitrogen and oxygen atoms in total. The molecule has 0 spiro atoms. The molecule has 0 aliphatic carbocycles. The van der Waals surface area contributed by atoms with E-state index >= 15 is 0 Å². The van der Waals surface area contributed by atoms with Gasteiger partial charge in [-0.3, -0.25) is 9.89 Å². The van der Waals surface area contributed by atoms with Crippen LogP contribution in [0, 0.1) is 0 Å². The van der Waals surface area contributed by atoms with Gasteiger partial charge in [0.25, 0.3) is 0 Å². The van der Waals surface area contributed by atoms with Gasteiger partial charge in [0.15, 0.2) is 5.96 Å². The van der Waals surface area contributed by atoms with Gasteiger partial charge in [-0.15, -0.1) is 24.0 Å². The van der Waals surface area contributed by atoms with Crippen molar-refractivity contribution in [1.29, 1.82) is 0 Å². The summed E-state index contributed by atoms with van der Waals surface area (Å²) in [6, 6.07) is 11.6. The first kappa shape index (κ1) is 22.2. The van der Waals surface area contributed by atoms with Gasteiger partial charge in [-0.2, -0.15) is 0 Å². The Morgan fingerprint density at radius 2 is 1.96 bits per heavy atom. The monoisotopic (exact) mass is 459 g/mol. The summed E-state index contributed by atoms with van der Waals surface area (Å²) in [5.41, 5.74) is 1.39. The van der Waals surface area contributed by atoms with E-state index in [1.807, 2.05) is 7.05 Å². The van der Waals surface area contributed by atoms with Crippen LogP contribution in [0.2, 0.25) is 0 Å². The lowest BCUT2D eigenvalue weighted by Gasteiger charge is -2.38. The van der Waals surface area contributed by atoms with E-state index in [9.17, 15) is 0 Å². The van der Waals surface area contributed by atoms with Crippen LogP contribution in [-0.2, 0) is 6.42 Å². The molecular formula is C19H34IN5.